The van der Waals surface area contributed by atoms with Gasteiger partial charge in [-0.05, 0) is 63.7 Å². The van der Waals surface area contributed by atoms with E-state index in [0.29, 0.717) is 17.7 Å². The van der Waals surface area contributed by atoms with Gasteiger partial charge in [0.05, 0.1) is 17.3 Å². The molecule has 0 aromatic heterocycles. The third-order valence-corrected chi connectivity index (χ3v) is 8.27. The van der Waals surface area contributed by atoms with Crippen molar-refractivity contribution in [1.29, 1.82) is 0 Å². The molecule has 5 rings (SSSR count). The second-order valence-electron chi connectivity index (χ2n) is 10.5. The van der Waals surface area contributed by atoms with Crippen LogP contribution in [0.1, 0.15) is 36.8 Å². The van der Waals surface area contributed by atoms with Crippen molar-refractivity contribution in [1.82, 2.24) is 4.90 Å². The number of anilines is 1. The fourth-order valence-corrected chi connectivity index (χ4v) is 6.60. The first-order chi connectivity index (χ1) is 17.0. The second kappa shape index (κ2) is 8.35. The van der Waals surface area contributed by atoms with E-state index >= 15 is 0 Å². The average Bonchev–Trinajstić information content (AvgIpc) is 2.81. The zero-order valence-electron chi connectivity index (χ0n) is 20.3. The van der Waals surface area contributed by atoms with E-state index in [1.54, 1.807) is 14.1 Å². The molecule has 1 saturated heterocycles. The molecule has 1 amide bonds. The van der Waals surface area contributed by atoms with E-state index in [-0.39, 0.29) is 23.3 Å². The van der Waals surface area contributed by atoms with Gasteiger partial charge in [0.2, 0.25) is 5.78 Å². The number of phenolic OH excluding ortho intramolecular Hbond substituents is 1. The molecular weight excluding hydrogens is 466 g/mol. The molecule has 1 aromatic carbocycles. The number of fused-ring (bicyclic) bond motifs is 3. The van der Waals surface area contributed by atoms with Gasteiger partial charge in [-0.1, -0.05) is 6.07 Å². The van der Waals surface area contributed by atoms with Crippen LogP contribution in [0, 0.1) is 11.8 Å². The summed E-state index contributed by atoms with van der Waals surface area (Å²) in [5, 5.41) is 45.0. The van der Waals surface area contributed by atoms with Crippen LogP contribution in [0.4, 0.5) is 5.69 Å². The smallest absolute Gasteiger partial charge is 0.255 e. The number of likely N-dealkylation sites (N-methyl/N-ethyl adjacent to an activating group) is 1. The van der Waals surface area contributed by atoms with Crippen molar-refractivity contribution in [3.63, 3.8) is 0 Å². The minimum atomic E-state index is -2.62. The van der Waals surface area contributed by atoms with E-state index < -0.39 is 58.0 Å². The average molecular weight is 498 g/mol. The number of amides is 1. The van der Waals surface area contributed by atoms with Gasteiger partial charge in [0.1, 0.15) is 22.8 Å². The molecule has 1 aliphatic heterocycles. The predicted octanol–water partition coefficient (Wildman–Crippen LogP) is 0.954. The monoisotopic (exact) mass is 497 g/mol. The van der Waals surface area contributed by atoms with Gasteiger partial charge in [-0.2, -0.15) is 0 Å². The summed E-state index contributed by atoms with van der Waals surface area (Å²) in [5.74, 6) is -6.31. The molecule has 192 valence electrons. The summed E-state index contributed by atoms with van der Waals surface area (Å²) in [6.45, 7) is 1.53. The summed E-state index contributed by atoms with van der Waals surface area (Å²) in [7, 11) is 3.15. The summed E-state index contributed by atoms with van der Waals surface area (Å²) in [6, 6.07) is 2.56. The van der Waals surface area contributed by atoms with Gasteiger partial charge < -0.3 is 31.1 Å². The first-order valence-corrected chi connectivity index (χ1v) is 12.2. The summed E-state index contributed by atoms with van der Waals surface area (Å²) >= 11 is 0. The lowest BCUT2D eigenvalue weighted by Crippen LogP contribution is -2.65. The van der Waals surface area contributed by atoms with Crippen LogP contribution in [0.2, 0.25) is 0 Å². The fraction of sp³-hybridized carbons (Fsp3) is 0.500. The van der Waals surface area contributed by atoms with Crippen LogP contribution in [-0.4, -0.2) is 81.6 Å². The summed E-state index contributed by atoms with van der Waals surface area (Å²) in [4.78, 5) is 42.5. The summed E-state index contributed by atoms with van der Waals surface area (Å²) < 4.78 is 0. The molecule has 4 atom stereocenters. The largest absolute Gasteiger partial charge is 0.508 e. The predicted molar refractivity (Wildman–Crippen MR) is 130 cm³/mol. The number of aromatic hydroxyl groups is 1. The molecule has 3 aliphatic carbocycles. The van der Waals surface area contributed by atoms with Gasteiger partial charge in [-0.25, -0.2) is 0 Å². The Balaban J connectivity index is 1.67. The Morgan fingerprint density at radius 2 is 1.78 bits per heavy atom. The zero-order chi connectivity index (χ0) is 26.1. The van der Waals surface area contributed by atoms with Crippen molar-refractivity contribution < 1.29 is 34.8 Å². The number of Topliss-reactive ketones (excluding diaryl/α,β-unsaturated/α-hetero) is 2. The zero-order valence-corrected chi connectivity index (χ0v) is 20.3. The molecule has 6 N–H and O–H groups in total. The van der Waals surface area contributed by atoms with Gasteiger partial charge in [0, 0.05) is 24.6 Å². The van der Waals surface area contributed by atoms with Gasteiger partial charge in [-0.3, -0.25) is 19.3 Å². The lowest BCUT2D eigenvalue weighted by molar-refractivity contribution is -0.153. The third-order valence-electron chi connectivity index (χ3n) is 8.27. The number of aliphatic hydroxyl groups is 3. The Labute approximate surface area is 208 Å². The first-order valence-electron chi connectivity index (χ1n) is 12.2. The molecule has 0 bridgehead atoms. The molecule has 2 fully saturated rings. The number of nitrogens with zero attached hydrogens (tertiary/aromatic N) is 2. The van der Waals surface area contributed by atoms with Crippen molar-refractivity contribution in [3.8, 4) is 5.75 Å². The minimum Gasteiger partial charge on any atom is -0.508 e. The highest BCUT2D eigenvalue weighted by molar-refractivity contribution is 6.24. The SMILES string of the molecule is CN(C)C1C(=O)C(C(N)=O)=C(O)[C@@]2(O)C(=O)C3=C(O)c4c(ccc(N5CCCCC5)c4O)C[C@@H]3C[C@H]12. The summed E-state index contributed by atoms with van der Waals surface area (Å²) in [5.41, 5.74) is 3.13. The van der Waals surface area contributed by atoms with Gasteiger partial charge in [0.25, 0.3) is 5.91 Å². The van der Waals surface area contributed by atoms with Crippen molar-refractivity contribution in [2.24, 2.45) is 17.6 Å². The number of benzene rings is 1. The van der Waals surface area contributed by atoms with Crippen LogP contribution in [0.3, 0.4) is 0 Å². The molecule has 0 spiro atoms. The second-order valence-corrected chi connectivity index (χ2v) is 10.5. The van der Waals surface area contributed by atoms with Crippen LogP contribution >= 0.6 is 0 Å². The van der Waals surface area contributed by atoms with E-state index in [1.807, 2.05) is 17.0 Å². The maximum Gasteiger partial charge on any atom is 0.255 e. The molecule has 10 nitrogen and oxygen atoms in total. The number of nitrogens with two attached hydrogens (primary N) is 1. The Hall–Kier alpha value is -3.37. The van der Waals surface area contributed by atoms with E-state index in [9.17, 15) is 34.8 Å². The van der Waals surface area contributed by atoms with Crippen LogP contribution in [-0.2, 0) is 20.8 Å². The molecule has 36 heavy (non-hydrogen) atoms. The third kappa shape index (κ3) is 3.20. The van der Waals surface area contributed by atoms with Crippen molar-refractivity contribution in [3.05, 3.63) is 40.2 Å². The molecular formula is C26H31N3O7. The van der Waals surface area contributed by atoms with Crippen LogP contribution < -0.4 is 10.6 Å². The number of rotatable bonds is 3. The topological polar surface area (TPSA) is 165 Å². The lowest BCUT2D eigenvalue weighted by atomic mass is 9.57. The summed E-state index contributed by atoms with van der Waals surface area (Å²) in [6.07, 6.45) is 3.45. The molecule has 1 unspecified atom stereocenters. The molecule has 4 aliphatic rings. The highest BCUT2D eigenvalue weighted by atomic mass is 16.3. The van der Waals surface area contributed by atoms with E-state index in [1.165, 1.54) is 4.90 Å². The highest BCUT2D eigenvalue weighted by Gasteiger charge is 2.64. The molecule has 10 heteroatoms. The molecule has 0 radical (unpaired) electrons. The maximum atomic E-state index is 13.9. The minimum absolute atomic E-state index is 0.0837. The van der Waals surface area contributed by atoms with Crippen LogP contribution in [0.5, 0.6) is 5.75 Å². The Morgan fingerprint density at radius 3 is 2.39 bits per heavy atom. The highest BCUT2D eigenvalue weighted by Crippen LogP contribution is 2.53. The van der Waals surface area contributed by atoms with Crippen molar-refractivity contribution in [2.45, 2.75) is 43.7 Å². The Kier molecular flexibility index (Phi) is 5.64. The maximum absolute atomic E-state index is 13.9. The quantitative estimate of drug-likeness (QED) is 0.382. The Morgan fingerprint density at radius 1 is 1.11 bits per heavy atom. The number of ketones is 2. The fourth-order valence-electron chi connectivity index (χ4n) is 6.60. The standard InChI is InChI=1S/C26H31N3O7/c1-28(2)19-14-11-13-10-12-6-7-15(29-8-4-3-5-9-29)20(30)16(12)21(31)17(13)23(33)26(14,36)24(34)18(22(19)32)25(27)35/h6-7,13-14,19,30-31,34,36H,3-5,8-11H2,1-2H3,(H2,27,35)/t13-,14-,19?,26+/m1/s1. The van der Waals surface area contributed by atoms with Gasteiger partial charge in [-0.15, -0.1) is 0 Å². The number of primary amides is 1. The number of carbonyl (C=O) groups excluding carboxylic acids is 3. The van der Waals surface area contributed by atoms with Crippen LogP contribution in [0.15, 0.2) is 29.0 Å². The van der Waals surface area contributed by atoms with Gasteiger partial charge >= 0.3 is 0 Å². The lowest BCUT2D eigenvalue weighted by Gasteiger charge is -2.50. The number of hydrogen-bond donors (Lipinski definition) is 5. The number of phenols is 1. The van der Waals surface area contributed by atoms with E-state index in [2.05, 4.69) is 0 Å². The Bertz CT molecular complexity index is 1240. The van der Waals surface area contributed by atoms with Gasteiger partial charge in [0.15, 0.2) is 11.4 Å². The number of hydrogen-bond acceptors (Lipinski definition) is 9. The van der Waals surface area contributed by atoms with Crippen LogP contribution in [0.25, 0.3) is 5.76 Å². The van der Waals surface area contributed by atoms with Crippen molar-refractivity contribution >= 4 is 28.9 Å². The first kappa shape index (κ1) is 24.3. The molecule has 1 saturated carbocycles. The van der Waals surface area contributed by atoms with E-state index in [4.69, 9.17) is 5.73 Å². The normalized spacial score (nSPS) is 30.3. The molecule has 1 aromatic rings. The number of aliphatic hydroxyl groups excluding tert-OH is 2. The molecule has 1 heterocycles. The van der Waals surface area contributed by atoms with E-state index in [0.717, 1.165) is 32.4 Å². The van der Waals surface area contributed by atoms with Crippen molar-refractivity contribution in [2.75, 3.05) is 32.1 Å². The number of piperidine rings is 1. The number of carbonyl (C=O) groups is 3.